The fourth-order valence-corrected chi connectivity index (χ4v) is 1.61. The maximum atomic E-state index is 11.7. The second-order valence-electron chi connectivity index (χ2n) is 3.58. The Morgan fingerprint density at radius 1 is 1.44 bits per heavy atom. The van der Waals surface area contributed by atoms with Crippen molar-refractivity contribution in [3.05, 3.63) is 24.3 Å². The van der Waals surface area contributed by atoms with Gasteiger partial charge in [0.05, 0.1) is 11.4 Å². The zero-order chi connectivity index (χ0) is 10.7. The Morgan fingerprint density at radius 3 is 2.81 bits per heavy atom. The molecular formula is C11H15ClN2O2. The van der Waals surface area contributed by atoms with Crippen LogP contribution in [0.3, 0.4) is 0 Å². The molecule has 1 aliphatic rings. The highest BCUT2D eigenvalue weighted by Crippen LogP contribution is 2.19. The number of nitrogen functional groups attached to an aromatic ring is 1. The maximum absolute atomic E-state index is 11.7. The molecule has 0 aromatic heterocycles. The summed E-state index contributed by atoms with van der Waals surface area (Å²) in [6.07, 6.45) is 1.42. The van der Waals surface area contributed by atoms with Gasteiger partial charge in [0.15, 0.2) is 0 Å². The van der Waals surface area contributed by atoms with Crippen LogP contribution >= 0.6 is 12.4 Å². The molecule has 1 unspecified atom stereocenters. The zero-order valence-electron chi connectivity index (χ0n) is 8.81. The molecule has 4 nitrogen and oxygen atoms in total. The van der Waals surface area contributed by atoms with E-state index >= 15 is 0 Å². The second-order valence-corrected chi connectivity index (χ2v) is 3.58. The average Bonchev–Trinajstić information content (AvgIpc) is 2.74. The molecule has 1 aromatic carbocycles. The molecule has 0 saturated carbocycles. The number of nitrogens with one attached hydrogen (secondary N) is 1. The molecular weight excluding hydrogens is 228 g/mol. The Kier molecular flexibility index (Phi) is 4.58. The Morgan fingerprint density at radius 2 is 2.19 bits per heavy atom. The van der Waals surface area contributed by atoms with Crippen LogP contribution < -0.4 is 11.1 Å². The Bertz CT molecular complexity index is 365. The monoisotopic (exact) mass is 242 g/mol. The number of halogens is 1. The van der Waals surface area contributed by atoms with Gasteiger partial charge in [0.1, 0.15) is 6.10 Å². The quantitative estimate of drug-likeness (QED) is 0.778. The number of hydrogen-bond donors (Lipinski definition) is 2. The number of amides is 1. The summed E-state index contributed by atoms with van der Waals surface area (Å²) >= 11 is 0. The van der Waals surface area contributed by atoms with Gasteiger partial charge in [-0.2, -0.15) is 0 Å². The smallest absolute Gasteiger partial charge is 0.253 e. The van der Waals surface area contributed by atoms with Crippen molar-refractivity contribution in [2.45, 2.75) is 18.9 Å². The number of nitrogens with two attached hydrogens (primary N) is 1. The van der Waals surface area contributed by atoms with E-state index in [0.29, 0.717) is 18.0 Å². The zero-order valence-corrected chi connectivity index (χ0v) is 9.63. The molecule has 1 atom stereocenters. The van der Waals surface area contributed by atoms with Gasteiger partial charge in [-0.15, -0.1) is 12.4 Å². The summed E-state index contributed by atoms with van der Waals surface area (Å²) in [7, 11) is 0. The lowest BCUT2D eigenvalue weighted by atomic mass is 10.2. The Balaban J connectivity index is 0.00000128. The highest BCUT2D eigenvalue weighted by molar-refractivity contribution is 5.96. The first-order valence-electron chi connectivity index (χ1n) is 5.04. The molecule has 0 bridgehead atoms. The largest absolute Gasteiger partial charge is 0.397 e. The molecule has 3 N–H and O–H groups in total. The van der Waals surface area contributed by atoms with Crippen LogP contribution in [0.2, 0.25) is 0 Å². The molecule has 0 aliphatic carbocycles. The van der Waals surface area contributed by atoms with Crippen LogP contribution in [-0.4, -0.2) is 18.6 Å². The van der Waals surface area contributed by atoms with Crippen molar-refractivity contribution in [2.75, 3.05) is 17.7 Å². The molecule has 2 rings (SSSR count). The molecule has 5 heteroatoms. The number of benzene rings is 1. The van der Waals surface area contributed by atoms with Gasteiger partial charge in [0.25, 0.3) is 5.91 Å². The summed E-state index contributed by atoms with van der Waals surface area (Å²) in [6.45, 7) is 0.669. The molecule has 88 valence electrons. The number of rotatable bonds is 2. The first-order valence-corrected chi connectivity index (χ1v) is 5.04. The van der Waals surface area contributed by atoms with Crippen molar-refractivity contribution in [2.24, 2.45) is 0 Å². The van der Waals surface area contributed by atoms with E-state index < -0.39 is 0 Å². The topological polar surface area (TPSA) is 64.3 Å². The fraction of sp³-hybridized carbons (Fsp3) is 0.364. The molecule has 1 amide bonds. The molecule has 1 aliphatic heterocycles. The summed E-state index contributed by atoms with van der Waals surface area (Å²) in [4.78, 5) is 11.7. The number of anilines is 2. The van der Waals surface area contributed by atoms with Crippen molar-refractivity contribution in [3.8, 4) is 0 Å². The molecule has 0 radical (unpaired) electrons. The molecule has 0 spiro atoms. The summed E-state index contributed by atoms with van der Waals surface area (Å²) in [6, 6.07) is 7.20. The predicted octanol–water partition coefficient (Wildman–Crippen LogP) is 1.81. The van der Waals surface area contributed by atoms with Crippen molar-refractivity contribution in [1.29, 1.82) is 0 Å². The third-order valence-electron chi connectivity index (χ3n) is 2.44. The van der Waals surface area contributed by atoms with Gasteiger partial charge in [-0.25, -0.2) is 0 Å². The second kappa shape index (κ2) is 5.72. The van der Waals surface area contributed by atoms with E-state index in [0.717, 1.165) is 12.8 Å². The number of para-hydroxylation sites is 2. The number of hydrogen-bond acceptors (Lipinski definition) is 3. The van der Waals surface area contributed by atoms with Gasteiger partial charge >= 0.3 is 0 Å². The van der Waals surface area contributed by atoms with Crippen LogP contribution in [0.15, 0.2) is 24.3 Å². The normalized spacial score (nSPS) is 18.9. The van der Waals surface area contributed by atoms with Gasteiger partial charge in [-0.05, 0) is 25.0 Å². The van der Waals surface area contributed by atoms with E-state index in [1.54, 1.807) is 12.1 Å². The summed E-state index contributed by atoms with van der Waals surface area (Å²) in [5.74, 6) is -0.106. The van der Waals surface area contributed by atoms with Crippen molar-refractivity contribution < 1.29 is 9.53 Å². The molecule has 1 heterocycles. The van der Waals surface area contributed by atoms with Gasteiger partial charge in [0.2, 0.25) is 0 Å². The van der Waals surface area contributed by atoms with Crippen LogP contribution in [0.25, 0.3) is 0 Å². The van der Waals surface area contributed by atoms with E-state index in [2.05, 4.69) is 5.32 Å². The first kappa shape index (κ1) is 12.8. The minimum Gasteiger partial charge on any atom is -0.397 e. The fourth-order valence-electron chi connectivity index (χ4n) is 1.61. The Labute approximate surface area is 101 Å². The van der Waals surface area contributed by atoms with Crippen LogP contribution in [0.4, 0.5) is 11.4 Å². The van der Waals surface area contributed by atoms with Gasteiger partial charge in [0, 0.05) is 6.61 Å². The van der Waals surface area contributed by atoms with Crippen LogP contribution in [-0.2, 0) is 9.53 Å². The molecule has 1 aromatic rings. The maximum Gasteiger partial charge on any atom is 0.253 e. The standard InChI is InChI=1S/C11H14N2O2.ClH/c12-8-4-1-2-5-9(8)13-11(14)10-6-3-7-15-10;/h1-2,4-5,10H,3,6-7,12H2,(H,13,14);1H. The van der Waals surface area contributed by atoms with Crippen LogP contribution in [0.5, 0.6) is 0 Å². The average molecular weight is 243 g/mol. The third-order valence-corrected chi connectivity index (χ3v) is 2.44. The van der Waals surface area contributed by atoms with E-state index in [4.69, 9.17) is 10.5 Å². The van der Waals surface area contributed by atoms with Gasteiger partial charge in [-0.1, -0.05) is 12.1 Å². The van der Waals surface area contributed by atoms with Crippen molar-refractivity contribution in [1.82, 2.24) is 0 Å². The lowest BCUT2D eigenvalue weighted by Gasteiger charge is -2.11. The molecule has 1 fully saturated rings. The summed E-state index contributed by atoms with van der Waals surface area (Å²) < 4.78 is 5.27. The molecule has 16 heavy (non-hydrogen) atoms. The summed E-state index contributed by atoms with van der Waals surface area (Å²) in [5.41, 5.74) is 6.94. The van der Waals surface area contributed by atoms with Crippen LogP contribution in [0.1, 0.15) is 12.8 Å². The number of ether oxygens (including phenoxy) is 1. The Hall–Kier alpha value is -1.26. The predicted molar refractivity (Wildman–Crippen MR) is 65.7 cm³/mol. The molecule has 1 saturated heterocycles. The number of carbonyl (C=O) groups is 1. The minimum atomic E-state index is -0.315. The van der Waals surface area contributed by atoms with Crippen LogP contribution in [0, 0.1) is 0 Å². The van der Waals surface area contributed by atoms with Crippen molar-refractivity contribution in [3.63, 3.8) is 0 Å². The first-order chi connectivity index (χ1) is 7.27. The minimum absolute atomic E-state index is 0. The lowest BCUT2D eigenvalue weighted by Crippen LogP contribution is -2.27. The number of carbonyl (C=O) groups excluding carboxylic acids is 1. The van der Waals surface area contributed by atoms with Gasteiger partial charge < -0.3 is 15.8 Å². The van der Waals surface area contributed by atoms with E-state index in [9.17, 15) is 4.79 Å². The third kappa shape index (κ3) is 2.87. The van der Waals surface area contributed by atoms with E-state index in [1.807, 2.05) is 12.1 Å². The van der Waals surface area contributed by atoms with Gasteiger partial charge in [-0.3, -0.25) is 4.79 Å². The summed E-state index contributed by atoms with van der Waals surface area (Å²) in [5, 5.41) is 2.76. The highest BCUT2D eigenvalue weighted by atomic mass is 35.5. The lowest BCUT2D eigenvalue weighted by molar-refractivity contribution is -0.124. The SMILES string of the molecule is Cl.Nc1ccccc1NC(=O)C1CCCO1. The van der Waals surface area contributed by atoms with E-state index in [1.165, 1.54) is 0 Å². The highest BCUT2D eigenvalue weighted by Gasteiger charge is 2.23. The van der Waals surface area contributed by atoms with E-state index in [-0.39, 0.29) is 24.4 Å². The van der Waals surface area contributed by atoms with Crippen molar-refractivity contribution >= 4 is 29.7 Å².